The van der Waals surface area contributed by atoms with Gasteiger partial charge in [0, 0.05) is 11.5 Å². The van der Waals surface area contributed by atoms with Crippen LogP contribution in [0.15, 0.2) is 21.8 Å². The smallest absolute Gasteiger partial charge is 0.259 e. The molecule has 1 aromatic rings. The summed E-state index contributed by atoms with van der Waals surface area (Å²) >= 11 is 2.91. The topological polar surface area (TPSA) is 78.9 Å². The number of rotatable bonds is 3. The molecule has 0 aliphatic heterocycles. The van der Waals surface area contributed by atoms with E-state index in [-0.39, 0.29) is 16.9 Å². The molecular formula is C10H10BrF2N3O2. The molecule has 0 aromatic heterocycles. The Hall–Kier alpha value is -1.70. The van der Waals surface area contributed by atoms with Crippen LogP contribution >= 0.6 is 15.9 Å². The molecule has 0 saturated carbocycles. The number of benzene rings is 1. The van der Waals surface area contributed by atoms with E-state index in [1.54, 1.807) is 0 Å². The normalized spacial score (nSPS) is 11.4. The molecule has 0 aliphatic carbocycles. The van der Waals surface area contributed by atoms with E-state index in [4.69, 9.17) is 10.9 Å². The summed E-state index contributed by atoms with van der Waals surface area (Å²) in [5.74, 6) is -3.12. The molecule has 0 aliphatic rings. The molecule has 0 saturated heterocycles. The van der Waals surface area contributed by atoms with Gasteiger partial charge in [-0.3, -0.25) is 4.79 Å². The van der Waals surface area contributed by atoms with Crippen LogP contribution in [-0.4, -0.2) is 35.4 Å². The predicted octanol–water partition coefficient (Wildman–Crippen LogP) is 1.55. The van der Waals surface area contributed by atoms with Gasteiger partial charge in [0.25, 0.3) is 5.91 Å². The largest absolute Gasteiger partial charge is 0.409 e. The number of carbonyl (C=O) groups is 1. The van der Waals surface area contributed by atoms with Crippen LogP contribution in [0, 0.1) is 11.6 Å². The minimum atomic E-state index is -0.988. The quantitative estimate of drug-likeness (QED) is 0.383. The number of hydrogen-bond acceptors (Lipinski definition) is 3. The summed E-state index contributed by atoms with van der Waals surface area (Å²) in [4.78, 5) is 12.7. The summed E-state index contributed by atoms with van der Waals surface area (Å²) in [7, 11) is 1.28. The van der Waals surface area contributed by atoms with Gasteiger partial charge in [0.15, 0.2) is 5.84 Å². The molecule has 98 valence electrons. The molecule has 0 fully saturated rings. The number of amides is 1. The average molecular weight is 322 g/mol. The second kappa shape index (κ2) is 5.76. The fourth-order valence-corrected chi connectivity index (χ4v) is 1.69. The first kappa shape index (κ1) is 14.4. The molecule has 0 spiro atoms. The van der Waals surface area contributed by atoms with Crippen molar-refractivity contribution in [2.75, 3.05) is 13.6 Å². The summed E-state index contributed by atoms with van der Waals surface area (Å²) in [6.45, 7) is -0.246. The lowest BCUT2D eigenvalue weighted by Crippen LogP contribution is -2.36. The van der Waals surface area contributed by atoms with Gasteiger partial charge in [-0.1, -0.05) is 21.1 Å². The number of hydrogen-bond donors (Lipinski definition) is 2. The van der Waals surface area contributed by atoms with Gasteiger partial charge in [-0.25, -0.2) is 8.78 Å². The Morgan fingerprint density at radius 3 is 2.44 bits per heavy atom. The van der Waals surface area contributed by atoms with Crippen molar-refractivity contribution in [3.05, 3.63) is 33.8 Å². The number of halogens is 3. The van der Waals surface area contributed by atoms with Crippen LogP contribution in [0.4, 0.5) is 8.78 Å². The molecule has 8 heteroatoms. The van der Waals surface area contributed by atoms with E-state index in [2.05, 4.69) is 21.1 Å². The Kier molecular flexibility index (Phi) is 4.60. The zero-order valence-corrected chi connectivity index (χ0v) is 10.9. The van der Waals surface area contributed by atoms with Crippen molar-refractivity contribution in [3.8, 4) is 0 Å². The van der Waals surface area contributed by atoms with Crippen molar-refractivity contribution in [2.24, 2.45) is 10.9 Å². The standard InChI is InChI=1S/C10H10BrF2N3O2/c1-16(4-8(14)15-18)10(17)9-6(12)2-5(11)3-7(9)13/h2-3,18H,4H2,1H3,(H2,14,15). The maximum absolute atomic E-state index is 13.5. The fraction of sp³-hybridized carbons (Fsp3) is 0.200. The Morgan fingerprint density at radius 1 is 1.50 bits per heavy atom. The third kappa shape index (κ3) is 3.16. The van der Waals surface area contributed by atoms with E-state index in [9.17, 15) is 13.6 Å². The van der Waals surface area contributed by atoms with Crippen molar-refractivity contribution in [2.45, 2.75) is 0 Å². The van der Waals surface area contributed by atoms with Gasteiger partial charge in [-0.15, -0.1) is 0 Å². The lowest BCUT2D eigenvalue weighted by atomic mass is 10.1. The van der Waals surface area contributed by atoms with Crippen molar-refractivity contribution < 1.29 is 18.8 Å². The summed E-state index contributed by atoms with van der Waals surface area (Å²) in [6, 6.07) is 1.96. The number of amidine groups is 1. The Labute approximate surface area is 110 Å². The number of nitrogens with two attached hydrogens (primary N) is 1. The molecular weight excluding hydrogens is 312 g/mol. The number of nitrogens with zero attached hydrogens (tertiary/aromatic N) is 2. The van der Waals surface area contributed by atoms with Crippen LogP contribution in [0.25, 0.3) is 0 Å². The molecule has 1 amide bonds. The van der Waals surface area contributed by atoms with Crippen molar-refractivity contribution >= 4 is 27.7 Å². The van der Waals surface area contributed by atoms with Crippen molar-refractivity contribution in [1.82, 2.24) is 4.90 Å². The molecule has 0 atom stereocenters. The Balaban J connectivity index is 3.04. The number of oxime groups is 1. The fourth-order valence-electron chi connectivity index (χ4n) is 1.28. The molecule has 1 rings (SSSR count). The highest BCUT2D eigenvalue weighted by molar-refractivity contribution is 9.10. The second-order valence-electron chi connectivity index (χ2n) is 3.50. The van der Waals surface area contributed by atoms with Gasteiger partial charge < -0.3 is 15.8 Å². The third-order valence-electron chi connectivity index (χ3n) is 2.10. The summed E-state index contributed by atoms with van der Waals surface area (Å²) in [5, 5.41) is 11.0. The van der Waals surface area contributed by atoms with E-state index >= 15 is 0 Å². The maximum Gasteiger partial charge on any atom is 0.259 e. The zero-order valence-electron chi connectivity index (χ0n) is 9.32. The highest BCUT2D eigenvalue weighted by atomic mass is 79.9. The van der Waals surface area contributed by atoms with Crippen LogP contribution in [0.5, 0.6) is 0 Å². The van der Waals surface area contributed by atoms with Crippen LogP contribution in [0.1, 0.15) is 10.4 Å². The number of likely N-dealkylation sites (N-methyl/N-ethyl adjacent to an activating group) is 1. The summed E-state index contributed by atoms with van der Waals surface area (Å²) < 4.78 is 27.2. The van der Waals surface area contributed by atoms with E-state index in [0.717, 1.165) is 17.0 Å². The maximum atomic E-state index is 13.5. The lowest BCUT2D eigenvalue weighted by Gasteiger charge is -2.17. The molecule has 0 heterocycles. The van der Waals surface area contributed by atoms with E-state index in [0.29, 0.717) is 0 Å². The van der Waals surface area contributed by atoms with Crippen LogP contribution in [0.3, 0.4) is 0 Å². The average Bonchev–Trinajstić information content (AvgIpc) is 2.27. The second-order valence-corrected chi connectivity index (χ2v) is 4.41. The first-order valence-electron chi connectivity index (χ1n) is 4.73. The van der Waals surface area contributed by atoms with E-state index in [1.807, 2.05) is 0 Å². The van der Waals surface area contributed by atoms with Crippen molar-refractivity contribution in [1.29, 1.82) is 0 Å². The Morgan fingerprint density at radius 2 is 2.00 bits per heavy atom. The minimum absolute atomic E-state index is 0.188. The highest BCUT2D eigenvalue weighted by Gasteiger charge is 2.22. The van der Waals surface area contributed by atoms with Gasteiger partial charge >= 0.3 is 0 Å². The number of carbonyl (C=O) groups excluding carboxylic acids is 1. The molecule has 18 heavy (non-hydrogen) atoms. The SMILES string of the molecule is CN(CC(N)=NO)C(=O)c1c(F)cc(Br)cc1F. The molecule has 0 unspecified atom stereocenters. The molecule has 1 aromatic carbocycles. The van der Waals surface area contributed by atoms with Crippen LogP contribution in [-0.2, 0) is 0 Å². The molecule has 0 bridgehead atoms. The van der Waals surface area contributed by atoms with Crippen LogP contribution < -0.4 is 5.73 Å². The third-order valence-corrected chi connectivity index (χ3v) is 2.55. The first-order valence-corrected chi connectivity index (χ1v) is 5.52. The highest BCUT2D eigenvalue weighted by Crippen LogP contribution is 2.20. The van der Waals surface area contributed by atoms with Gasteiger partial charge in [0.05, 0.1) is 6.54 Å². The molecule has 5 nitrogen and oxygen atoms in total. The van der Waals surface area contributed by atoms with Crippen LogP contribution in [0.2, 0.25) is 0 Å². The van der Waals surface area contributed by atoms with Gasteiger partial charge in [0.2, 0.25) is 0 Å². The van der Waals surface area contributed by atoms with Gasteiger partial charge in [0.1, 0.15) is 17.2 Å². The summed E-state index contributed by atoms with van der Waals surface area (Å²) in [6.07, 6.45) is 0. The predicted molar refractivity (Wildman–Crippen MR) is 64.4 cm³/mol. The summed E-state index contributed by atoms with van der Waals surface area (Å²) in [5.41, 5.74) is 4.51. The van der Waals surface area contributed by atoms with Gasteiger partial charge in [-0.05, 0) is 12.1 Å². The van der Waals surface area contributed by atoms with E-state index in [1.165, 1.54) is 7.05 Å². The zero-order chi connectivity index (χ0) is 13.9. The molecule has 0 radical (unpaired) electrons. The van der Waals surface area contributed by atoms with Crippen molar-refractivity contribution in [3.63, 3.8) is 0 Å². The van der Waals surface area contributed by atoms with E-state index < -0.39 is 23.1 Å². The minimum Gasteiger partial charge on any atom is -0.409 e. The lowest BCUT2D eigenvalue weighted by molar-refractivity contribution is 0.0804. The van der Waals surface area contributed by atoms with Gasteiger partial charge in [-0.2, -0.15) is 0 Å². The molecule has 3 N–H and O–H groups in total. The Bertz CT molecular complexity index is 485. The monoisotopic (exact) mass is 321 g/mol. The first-order chi connectivity index (χ1) is 8.36.